The quantitative estimate of drug-likeness (QED) is 0.596. The summed E-state index contributed by atoms with van der Waals surface area (Å²) in [4.78, 5) is 16.9. The molecule has 2 aliphatic heterocycles. The van der Waals surface area contributed by atoms with Crippen LogP contribution in [-0.2, 0) is 4.79 Å². The van der Waals surface area contributed by atoms with E-state index in [1.807, 2.05) is 11.3 Å². The third-order valence-corrected chi connectivity index (χ3v) is 8.85. The number of amides is 1. The number of hydrogen-bond acceptors (Lipinski definition) is 4. The van der Waals surface area contributed by atoms with Crippen LogP contribution in [-0.4, -0.2) is 49.6 Å². The van der Waals surface area contributed by atoms with Crippen molar-refractivity contribution in [3.8, 4) is 0 Å². The van der Waals surface area contributed by atoms with Crippen molar-refractivity contribution >= 4 is 33.0 Å². The van der Waals surface area contributed by atoms with Gasteiger partial charge in [0.25, 0.3) is 0 Å². The summed E-state index contributed by atoms with van der Waals surface area (Å²) in [5.41, 5.74) is 1.42. The number of carbonyl (C=O) groups is 1. The van der Waals surface area contributed by atoms with E-state index in [-0.39, 0.29) is 5.91 Å². The molecule has 0 spiro atoms. The molecule has 4 nitrogen and oxygen atoms in total. The molecule has 3 unspecified atom stereocenters. The van der Waals surface area contributed by atoms with Gasteiger partial charge in [-0.05, 0) is 67.6 Å². The minimum absolute atomic E-state index is 0.286. The zero-order valence-electron chi connectivity index (χ0n) is 18.7. The summed E-state index contributed by atoms with van der Waals surface area (Å²) >= 11 is 1.84. The molecule has 1 N–H and O–H groups in total. The number of benzene rings is 1. The summed E-state index contributed by atoms with van der Waals surface area (Å²) in [6.45, 7) is 5.91. The Kier molecular flexibility index (Phi) is 6.80. The van der Waals surface area contributed by atoms with Gasteiger partial charge in [0.15, 0.2) is 0 Å². The van der Waals surface area contributed by atoms with Crippen LogP contribution in [0.3, 0.4) is 0 Å². The van der Waals surface area contributed by atoms with Crippen molar-refractivity contribution < 1.29 is 4.79 Å². The summed E-state index contributed by atoms with van der Waals surface area (Å²) in [5.74, 6) is 1.89. The van der Waals surface area contributed by atoms with E-state index in [2.05, 4.69) is 44.8 Å². The highest BCUT2D eigenvalue weighted by Crippen LogP contribution is 2.36. The van der Waals surface area contributed by atoms with Crippen LogP contribution in [0.1, 0.15) is 57.8 Å². The predicted octanol–water partition coefficient (Wildman–Crippen LogP) is 5.28. The molecule has 31 heavy (non-hydrogen) atoms. The molecule has 3 heterocycles. The standard InChI is InChI=1S/C26H37N3OS/c30-26-11-10-21-9-8-20(19-23(21)27-26)5-2-1-3-13-28-14-16-29(17-15-28)24-6-4-7-25-22(24)12-18-31-25/h4,6-7,12,18,20-21,23H,1-3,5,8-11,13-17,19H2,(H,27,30). The molecule has 1 aromatic heterocycles. The Morgan fingerprint density at radius 1 is 1.00 bits per heavy atom. The van der Waals surface area contributed by atoms with Crippen LogP contribution < -0.4 is 10.2 Å². The normalized spacial score (nSPS) is 27.3. The van der Waals surface area contributed by atoms with Gasteiger partial charge in [0.1, 0.15) is 0 Å². The van der Waals surface area contributed by atoms with Gasteiger partial charge in [-0.2, -0.15) is 0 Å². The zero-order chi connectivity index (χ0) is 21.0. The van der Waals surface area contributed by atoms with Crippen molar-refractivity contribution in [3.63, 3.8) is 0 Å². The highest BCUT2D eigenvalue weighted by molar-refractivity contribution is 7.17. The monoisotopic (exact) mass is 439 g/mol. The number of piperidine rings is 1. The summed E-state index contributed by atoms with van der Waals surface area (Å²) in [7, 11) is 0. The number of nitrogens with zero attached hydrogens (tertiary/aromatic N) is 2. The summed E-state index contributed by atoms with van der Waals surface area (Å²) in [6.07, 6.45) is 11.2. The average molecular weight is 440 g/mol. The number of piperazine rings is 1. The maximum absolute atomic E-state index is 11.7. The molecular formula is C26H37N3OS. The van der Waals surface area contributed by atoms with Gasteiger partial charge >= 0.3 is 0 Å². The number of nitrogens with one attached hydrogen (secondary N) is 1. The second kappa shape index (κ2) is 9.91. The van der Waals surface area contributed by atoms with E-state index in [1.165, 1.54) is 80.4 Å². The van der Waals surface area contributed by atoms with Crippen molar-refractivity contribution in [1.82, 2.24) is 10.2 Å². The van der Waals surface area contributed by atoms with E-state index in [1.54, 1.807) is 0 Å². The Labute approximate surface area is 191 Å². The lowest BCUT2D eigenvalue weighted by Gasteiger charge is -2.39. The van der Waals surface area contributed by atoms with Gasteiger partial charge in [-0.25, -0.2) is 0 Å². The second-order valence-corrected chi connectivity index (χ2v) is 10.9. The lowest BCUT2D eigenvalue weighted by atomic mass is 9.73. The number of rotatable bonds is 7. The topological polar surface area (TPSA) is 35.6 Å². The van der Waals surface area contributed by atoms with Crippen LogP contribution in [0.15, 0.2) is 29.6 Å². The molecule has 0 radical (unpaired) electrons. The molecule has 2 saturated heterocycles. The largest absolute Gasteiger partial charge is 0.368 e. The molecule has 1 saturated carbocycles. The van der Waals surface area contributed by atoms with E-state index < -0.39 is 0 Å². The zero-order valence-corrected chi connectivity index (χ0v) is 19.5. The molecule has 3 atom stereocenters. The number of unbranched alkanes of at least 4 members (excludes halogenated alkanes) is 2. The molecule has 5 heteroatoms. The van der Waals surface area contributed by atoms with Gasteiger partial charge < -0.3 is 10.2 Å². The first-order valence-electron chi connectivity index (χ1n) is 12.5. The Balaban J connectivity index is 0.984. The summed E-state index contributed by atoms with van der Waals surface area (Å²) in [6, 6.07) is 9.48. The minimum Gasteiger partial charge on any atom is -0.368 e. The number of carbonyl (C=O) groups excluding carboxylic acids is 1. The maximum Gasteiger partial charge on any atom is 0.220 e. The highest BCUT2D eigenvalue weighted by Gasteiger charge is 2.34. The van der Waals surface area contributed by atoms with Crippen molar-refractivity contribution in [2.45, 2.75) is 63.8 Å². The van der Waals surface area contributed by atoms with E-state index in [9.17, 15) is 4.79 Å². The Morgan fingerprint density at radius 2 is 1.90 bits per heavy atom. The van der Waals surface area contributed by atoms with Gasteiger partial charge in [-0.15, -0.1) is 11.3 Å². The smallest absolute Gasteiger partial charge is 0.220 e. The first-order chi connectivity index (χ1) is 15.3. The van der Waals surface area contributed by atoms with E-state index in [0.717, 1.165) is 37.8 Å². The molecule has 2 aromatic rings. The van der Waals surface area contributed by atoms with Crippen LogP contribution in [0, 0.1) is 11.8 Å². The lowest BCUT2D eigenvalue weighted by molar-refractivity contribution is -0.125. The summed E-state index contributed by atoms with van der Waals surface area (Å²) in [5, 5.41) is 6.90. The van der Waals surface area contributed by atoms with Gasteiger partial charge in [-0.1, -0.05) is 31.7 Å². The third-order valence-electron chi connectivity index (χ3n) is 7.96. The molecule has 1 aromatic carbocycles. The van der Waals surface area contributed by atoms with Crippen molar-refractivity contribution in [3.05, 3.63) is 29.6 Å². The Bertz CT molecular complexity index is 872. The molecule has 3 fully saturated rings. The molecule has 168 valence electrons. The maximum atomic E-state index is 11.7. The van der Waals surface area contributed by atoms with Crippen molar-refractivity contribution in [2.75, 3.05) is 37.6 Å². The number of hydrogen-bond donors (Lipinski definition) is 1. The van der Waals surface area contributed by atoms with Crippen LogP contribution in [0.4, 0.5) is 5.69 Å². The lowest BCUT2D eigenvalue weighted by Crippen LogP contribution is -2.48. The van der Waals surface area contributed by atoms with Gasteiger partial charge in [-0.3, -0.25) is 9.69 Å². The molecule has 5 rings (SSSR count). The van der Waals surface area contributed by atoms with Gasteiger partial charge in [0.05, 0.1) is 0 Å². The first kappa shape index (κ1) is 21.3. The van der Waals surface area contributed by atoms with E-state index >= 15 is 0 Å². The van der Waals surface area contributed by atoms with Gasteiger partial charge in [0.2, 0.25) is 5.91 Å². The second-order valence-electron chi connectivity index (χ2n) is 9.94. The van der Waals surface area contributed by atoms with Gasteiger partial charge in [0, 0.05) is 54.4 Å². The SMILES string of the molecule is O=C1CCC2CCC(CCCCCN3CCN(c4cccc5sccc45)CC3)CC2N1. The Morgan fingerprint density at radius 3 is 2.81 bits per heavy atom. The fourth-order valence-electron chi connectivity index (χ4n) is 6.11. The third kappa shape index (κ3) is 5.09. The molecular weight excluding hydrogens is 402 g/mol. The van der Waals surface area contributed by atoms with E-state index in [0.29, 0.717) is 6.04 Å². The number of thiophene rings is 1. The Hall–Kier alpha value is -1.59. The molecule has 1 aliphatic carbocycles. The fourth-order valence-corrected chi connectivity index (χ4v) is 6.92. The average Bonchev–Trinajstić information content (AvgIpc) is 3.28. The van der Waals surface area contributed by atoms with Crippen LogP contribution >= 0.6 is 11.3 Å². The van der Waals surface area contributed by atoms with Crippen molar-refractivity contribution in [1.29, 1.82) is 0 Å². The molecule has 3 aliphatic rings. The van der Waals surface area contributed by atoms with Crippen LogP contribution in [0.5, 0.6) is 0 Å². The molecule has 1 amide bonds. The van der Waals surface area contributed by atoms with Crippen LogP contribution in [0.2, 0.25) is 0 Å². The number of fused-ring (bicyclic) bond motifs is 2. The van der Waals surface area contributed by atoms with E-state index in [4.69, 9.17) is 0 Å². The summed E-state index contributed by atoms with van der Waals surface area (Å²) < 4.78 is 1.40. The van der Waals surface area contributed by atoms with Crippen LogP contribution in [0.25, 0.3) is 10.1 Å². The molecule has 0 bridgehead atoms. The fraction of sp³-hybridized carbons (Fsp3) is 0.654. The predicted molar refractivity (Wildman–Crippen MR) is 131 cm³/mol. The highest BCUT2D eigenvalue weighted by atomic mass is 32.1. The number of anilines is 1. The first-order valence-corrected chi connectivity index (χ1v) is 13.4. The van der Waals surface area contributed by atoms with Crippen molar-refractivity contribution in [2.24, 2.45) is 11.8 Å². The minimum atomic E-state index is 0.286.